The maximum Gasteiger partial charge on any atom is 0.196 e. The van der Waals surface area contributed by atoms with Crippen LogP contribution in [-0.4, -0.2) is 24.9 Å². The lowest BCUT2D eigenvalue weighted by Gasteiger charge is -2.22. The highest BCUT2D eigenvalue weighted by atomic mass is 14.9. The Morgan fingerprint density at radius 1 is 0.448 bits per heavy atom. The Morgan fingerprint density at radius 2 is 0.970 bits per heavy atom. The number of fused-ring (bicyclic) bond motifs is 3. The van der Waals surface area contributed by atoms with E-state index in [-0.39, 0.29) is 0 Å². The summed E-state index contributed by atoms with van der Waals surface area (Å²) < 4.78 is 0. The standard InChI is InChI=1S/C60H39N7/c1-60(2)51-31-43(22-23-50(51)58-52(60)26-38(35-61)27-57(58)62-3)46-28-47(48-32-53(44-16-10-24-63-36-44)65-54(33-48)45-17-11-25-64-37-45)30-49(29-46)56-34-55(66-59(67-56)42-14-8-5-9-15-42)41-20-18-40(19-21-41)39-12-6-4-7-13-39/h4-34,36-37H,1-2H3. The molecule has 0 amide bonds. The van der Waals surface area contributed by atoms with Crippen LogP contribution >= 0.6 is 0 Å². The van der Waals surface area contributed by atoms with E-state index < -0.39 is 5.41 Å². The molecule has 67 heavy (non-hydrogen) atoms. The van der Waals surface area contributed by atoms with Gasteiger partial charge in [0.25, 0.3) is 0 Å². The van der Waals surface area contributed by atoms with E-state index in [0.717, 1.165) is 106 Å². The summed E-state index contributed by atoms with van der Waals surface area (Å²) in [5.74, 6) is 0.623. The molecule has 0 aliphatic heterocycles. The molecule has 0 bridgehead atoms. The normalized spacial score (nSPS) is 12.1. The van der Waals surface area contributed by atoms with Gasteiger partial charge in [-0.1, -0.05) is 111 Å². The zero-order chi connectivity index (χ0) is 45.5. The minimum atomic E-state index is -0.460. The van der Waals surface area contributed by atoms with Crippen LogP contribution in [0.3, 0.4) is 0 Å². The Balaban J connectivity index is 1.13. The molecule has 0 spiro atoms. The summed E-state index contributed by atoms with van der Waals surface area (Å²) in [6.07, 6.45) is 7.21. The van der Waals surface area contributed by atoms with Gasteiger partial charge in [0.05, 0.1) is 35.4 Å². The second kappa shape index (κ2) is 16.8. The van der Waals surface area contributed by atoms with Crippen molar-refractivity contribution < 1.29 is 0 Å². The Labute approximate surface area is 389 Å². The van der Waals surface area contributed by atoms with Gasteiger partial charge in [0.2, 0.25) is 0 Å². The average molecular weight is 858 g/mol. The molecule has 4 heterocycles. The number of pyridine rings is 3. The third-order valence-corrected chi connectivity index (χ3v) is 12.7. The number of hydrogen-bond acceptors (Lipinski definition) is 6. The SMILES string of the molecule is [C-]#[N+]c1cc(C#N)cc2c1-c1ccc(-c3cc(-c4cc(-c5cccnc5)nc(-c5cccnc5)c4)cc(-c4cc(-c5ccc(-c6ccccc6)cc5)nc(-c5ccccc5)n4)c3)cc1C2(C)C. The van der Waals surface area contributed by atoms with Gasteiger partial charge < -0.3 is 0 Å². The highest BCUT2D eigenvalue weighted by molar-refractivity contribution is 5.93. The van der Waals surface area contributed by atoms with Crippen LogP contribution in [0, 0.1) is 17.9 Å². The van der Waals surface area contributed by atoms with Crippen LogP contribution < -0.4 is 0 Å². The van der Waals surface area contributed by atoms with E-state index in [1.807, 2.05) is 79.1 Å². The van der Waals surface area contributed by atoms with Crippen molar-refractivity contribution in [3.8, 4) is 107 Å². The average Bonchev–Trinajstić information content (AvgIpc) is 3.63. The molecule has 7 heteroatoms. The third-order valence-electron chi connectivity index (χ3n) is 12.7. The quantitative estimate of drug-likeness (QED) is 0.141. The molecule has 7 nitrogen and oxygen atoms in total. The lowest BCUT2D eigenvalue weighted by molar-refractivity contribution is 0.660. The number of benzene rings is 6. The molecule has 0 radical (unpaired) electrons. The number of aromatic nitrogens is 5. The molecule has 0 saturated heterocycles. The monoisotopic (exact) mass is 857 g/mol. The fourth-order valence-corrected chi connectivity index (χ4v) is 9.21. The second-order valence-electron chi connectivity index (χ2n) is 17.2. The molecule has 0 fully saturated rings. The molecule has 6 aromatic carbocycles. The third kappa shape index (κ3) is 7.61. The smallest absolute Gasteiger partial charge is 0.196 e. The first-order valence-electron chi connectivity index (χ1n) is 22.0. The van der Waals surface area contributed by atoms with Crippen molar-refractivity contribution in [3.05, 3.63) is 229 Å². The fraction of sp³-hybridized carbons (Fsp3) is 0.0500. The van der Waals surface area contributed by atoms with Gasteiger partial charge in [-0.15, -0.1) is 0 Å². The van der Waals surface area contributed by atoms with E-state index in [1.165, 1.54) is 0 Å². The Bertz CT molecular complexity index is 3540. The molecule has 10 aromatic rings. The Hall–Kier alpha value is -9.17. The maximum absolute atomic E-state index is 9.92. The predicted octanol–water partition coefficient (Wildman–Crippen LogP) is 14.7. The van der Waals surface area contributed by atoms with Gasteiger partial charge in [0.1, 0.15) is 0 Å². The summed E-state index contributed by atoms with van der Waals surface area (Å²) in [5.41, 5.74) is 18.5. The minimum absolute atomic E-state index is 0.460. The highest BCUT2D eigenvalue weighted by Gasteiger charge is 2.37. The molecule has 4 aromatic heterocycles. The number of nitrogens with zero attached hydrogens (tertiary/aromatic N) is 7. The van der Waals surface area contributed by atoms with Gasteiger partial charge in [-0.3, -0.25) is 9.97 Å². The van der Waals surface area contributed by atoms with E-state index in [1.54, 1.807) is 18.5 Å². The van der Waals surface area contributed by atoms with Crippen LogP contribution in [-0.2, 0) is 5.41 Å². The lowest BCUT2D eigenvalue weighted by Crippen LogP contribution is -2.15. The van der Waals surface area contributed by atoms with E-state index in [0.29, 0.717) is 17.1 Å². The van der Waals surface area contributed by atoms with Crippen LogP contribution in [0.4, 0.5) is 5.69 Å². The van der Waals surface area contributed by atoms with Crippen LogP contribution in [0.25, 0.3) is 106 Å². The minimum Gasteiger partial charge on any atom is -0.264 e. The maximum atomic E-state index is 9.92. The Kier molecular flexibility index (Phi) is 10.1. The van der Waals surface area contributed by atoms with Crippen LogP contribution in [0.5, 0.6) is 0 Å². The molecule has 0 atom stereocenters. The largest absolute Gasteiger partial charge is 0.264 e. The van der Waals surface area contributed by atoms with Gasteiger partial charge in [0, 0.05) is 63.6 Å². The van der Waals surface area contributed by atoms with Crippen molar-refractivity contribution in [1.82, 2.24) is 24.9 Å². The molecule has 0 N–H and O–H groups in total. The zero-order valence-electron chi connectivity index (χ0n) is 36.7. The number of rotatable bonds is 8. The molecule has 0 unspecified atom stereocenters. The van der Waals surface area contributed by atoms with E-state index in [2.05, 4.69) is 138 Å². The fourth-order valence-electron chi connectivity index (χ4n) is 9.21. The second-order valence-corrected chi connectivity index (χ2v) is 17.2. The molecular weight excluding hydrogens is 819 g/mol. The van der Waals surface area contributed by atoms with Crippen molar-refractivity contribution in [3.63, 3.8) is 0 Å². The molecule has 11 rings (SSSR count). The molecule has 1 aliphatic rings. The lowest BCUT2D eigenvalue weighted by atomic mass is 9.81. The summed E-state index contributed by atoms with van der Waals surface area (Å²) in [4.78, 5) is 28.4. The first-order valence-corrected chi connectivity index (χ1v) is 22.0. The van der Waals surface area contributed by atoms with Crippen molar-refractivity contribution in [2.24, 2.45) is 0 Å². The van der Waals surface area contributed by atoms with Crippen LogP contribution in [0.15, 0.2) is 201 Å². The van der Waals surface area contributed by atoms with Crippen molar-refractivity contribution in [2.75, 3.05) is 0 Å². The zero-order valence-corrected chi connectivity index (χ0v) is 36.7. The van der Waals surface area contributed by atoms with Gasteiger partial charge in [-0.25, -0.2) is 19.8 Å². The highest BCUT2D eigenvalue weighted by Crippen LogP contribution is 2.53. The summed E-state index contributed by atoms with van der Waals surface area (Å²) in [7, 11) is 0. The van der Waals surface area contributed by atoms with E-state index >= 15 is 0 Å². The summed E-state index contributed by atoms with van der Waals surface area (Å²) in [5, 5.41) is 9.92. The molecule has 1 aliphatic carbocycles. The first-order chi connectivity index (χ1) is 32.8. The topological polar surface area (TPSA) is 92.6 Å². The molecule has 0 saturated carbocycles. The number of hydrogen-bond donors (Lipinski definition) is 0. The predicted molar refractivity (Wildman–Crippen MR) is 267 cm³/mol. The van der Waals surface area contributed by atoms with Gasteiger partial charge in [-0.05, 0) is 134 Å². The van der Waals surface area contributed by atoms with Gasteiger partial charge in [0.15, 0.2) is 11.5 Å². The van der Waals surface area contributed by atoms with Crippen molar-refractivity contribution >= 4 is 5.69 Å². The number of nitriles is 1. The first kappa shape index (κ1) is 40.6. The van der Waals surface area contributed by atoms with E-state index in [9.17, 15) is 5.26 Å². The summed E-state index contributed by atoms with van der Waals surface area (Å²) in [6, 6.07) is 62.4. The molecule has 314 valence electrons. The van der Waals surface area contributed by atoms with Gasteiger partial charge in [-0.2, -0.15) is 5.26 Å². The van der Waals surface area contributed by atoms with Crippen molar-refractivity contribution in [1.29, 1.82) is 5.26 Å². The van der Waals surface area contributed by atoms with Gasteiger partial charge >= 0.3 is 0 Å². The Morgan fingerprint density at radius 3 is 1.58 bits per heavy atom. The summed E-state index contributed by atoms with van der Waals surface area (Å²) in [6.45, 7) is 12.4. The van der Waals surface area contributed by atoms with E-state index in [4.69, 9.17) is 21.5 Å². The van der Waals surface area contributed by atoms with Crippen molar-refractivity contribution in [2.45, 2.75) is 19.3 Å². The molecular formula is C60H39N7. The summed E-state index contributed by atoms with van der Waals surface area (Å²) >= 11 is 0. The van der Waals surface area contributed by atoms with Crippen LogP contribution in [0.1, 0.15) is 30.5 Å². The van der Waals surface area contributed by atoms with Crippen LogP contribution in [0.2, 0.25) is 0 Å².